The van der Waals surface area contributed by atoms with Crippen LogP contribution in [0.25, 0.3) is 16.9 Å². The molecule has 5 heteroatoms. The molecule has 1 aromatic carbocycles. The van der Waals surface area contributed by atoms with Gasteiger partial charge in [0, 0.05) is 18.3 Å². The van der Waals surface area contributed by atoms with E-state index in [1.54, 1.807) is 0 Å². The first-order valence-corrected chi connectivity index (χ1v) is 7.31. The fourth-order valence-electron chi connectivity index (χ4n) is 2.52. The highest BCUT2D eigenvalue weighted by atomic mass is 15.4. The second kappa shape index (κ2) is 4.93. The molecule has 1 aliphatic carbocycles. The molecule has 2 heterocycles. The molecule has 0 atom stereocenters. The molecule has 106 valence electrons. The van der Waals surface area contributed by atoms with Crippen LogP contribution in [0.15, 0.2) is 36.4 Å². The Labute approximate surface area is 123 Å². The summed E-state index contributed by atoms with van der Waals surface area (Å²) in [7, 11) is 0. The first kappa shape index (κ1) is 12.5. The van der Waals surface area contributed by atoms with Crippen LogP contribution < -0.4 is 5.32 Å². The average Bonchev–Trinajstić information content (AvgIpc) is 3.22. The zero-order valence-electron chi connectivity index (χ0n) is 12.0. The monoisotopic (exact) mass is 279 g/mol. The van der Waals surface area contributed by atoms with Crippen molar-refractivity contribution in [2.45, 2.75) is 32.4 Å². The van der Waals surface area contributed by atoms with Crippen molar-refractivity contribution in [2.75, 3.05) is 0 Å². The van der Waals surface area contributed by atoms with Crippen LogP contribution in [0.1, 0.15) is 24.1 Å². The molecule has 0 aliphatic heterocycles. The second-order valence-corrected chi connectivity index (χ2v) is 5.62. The number of rotatable bonds is 4. The van der Waals surface area contributed by atoms with Crippen LogP contribution in [-0.4, -0.2) is 26.0 Å². The number of para-hydroxylation sites is 1. The van der Waals surface area contributed by atoms with Crippen LogP contribution in [0.2, 0.25) is 0 Å². The van der Waals surface area contributed by atoms with Gasteiger partial charge < -0.3 is 5.32 Å². The molecule has 1 N–H and O–H groups in total. The summed E-state index contributed by atoms with van der Waals surface area (Å²) in [4.78, 5) is 4.60. The van der Waals surface area contributed by atoms with E-state index in [0.29, 0.717) is 6.04 Å². The molecule has 2 aromatic heterocycles. The number of nitrogens with one attached hydrogen (secondary N) is 1. The predicted octanol–water partition coefficient (Wildman–Crippen LogP) is 2.38. The zero-order chi connectivity index (χ0) is 14.2. The number of pyridine rings is 1. The average molecular weight is 279 g/mol. The highest BCUT2D eigenvalue weighted by molar-refractivity contribution is 5.75. The van der Waals surface area contributed by atoms with Gasteiger partial charge in [-0.05, 0) is 49.6 Å². The van der Waals surface area contributed by atoms with Crippen molar-refractivity contribution >= 4 is 11.0 Å². The number of aryl methyl sites for hydroxylation is 1. The first-order chi connectivity index (χ1) is 10.3. The maximum atomic E-state index is 4.60. The molecule has 4 rings (SSSR count). The third-order valence-electron chi connectivity index (χ3n) is 3.74. The molecule has 1 saturated carbocycles. The Morgan fingerprint density at radius 1 is 1.24 bits per heavy atom. The minimum absolute atomic E-state index is 0.703. The van der Waals surface area contributed by atoms with Gasteiger partial charge in [-0.25, -0.2) is 4.98 Å². The molecule has 0 bridgehead atoms. The summed E-state index contributed by atoms with van der Waals surface area (Å²) >= 11 is 0. The lowest BCUT2D eigenvalue weighted by Crippen LogP contribution is -2.16. The SMILES string of the molecule is Cc1cc(CNC2CC2)cc(-n2nnc3ccccc32)n1. The van der Waals surface area contributed by atoms with Crippen molar-refractivity contribution in [3.8, 4) is 5.82 Å². The van der Waals surface area contributed by atoms with Crippen molar-refractivity contribution < 1.29 is 0 Å². The molecule has 0 spiro atoms. The Hall–Kier alpha value is -2.27. The summed E-state index contributed by atoms with van der Waals surface area (Å²) in [6.45, 7) is 2.90. The molecular formula is C16H17N5. The topological polar surface area (TPSA) is 55.6 Å². The number of fused-ring (bicyclic) bond motifs is 1. The van der Waals surface area contributed by atoms with Gasteiger partial charge in [0.05, 0.1) is 5.52 Å². The molecule has 1 fully saturated rings. The predicted molar refractivity (Wildman–Crippen MR) is 81.3 cm³/mol. The van der Waals surface area contributed by atoms with Gasteiger partial charge in [0.1, 0.15) is 5.52 Å². The summed E-state index contributed by atoms with van der Waals surface area (Å²) in [6.07, 6.45) is 2.59. The molecule has 21 heavy (non-hydrogen) atoms. The van der Waals surface area contributed by atoms with E-state index in [2.05, 4.69) is 32.7 Å². The maximum absolute atomic E-state index is 4.60. The Morgan fingerprint density at radius 3 is 2.95 bits per heavy atom. The summed E-state index contributed by atoms with van der Waals surface area (Å²) in [5.41, 5.74) is 4.11. The maximum Gasteiger partial charge on any atom is 0.156 e. The van der Waals surface area contributed by atoms with Crippen LogP contribution in [0, 0.1) is 6.92 Å². The Balaban J connectivity index is 1.72. The molecule has 0 radical (unpaired) electrons. The number of benzene rings is 1. The van der Waals surface area contributed by atoms with E-state index < -0.39 is 0 Å². The Bertz CT molecular complexity index is 788. The number of hydrogen-bond donors (Lipinski definition) is 1. The van der Waals surface area contributed by atoms with Gasteiger partial charge in [0.2, 0.25) is 0 Å². The molecular weight excluding hydrogens is 262 g/mol. The van der Waals surface area contributed by atoms with Crippen molar-refractivity contribution in [1.29, 1.82) is 0 Å². The lowest BCUT2D eigenvalue weighted by molar-refractivity contribution is 0.684. The van der Waals surface area contributed by atoms with Crippen molar-refractivity contribution in [3.63, 3.8) is 0 Å². The van der Waals surface area contributed by atoms with Gasteiger partial charge in [-0.1, -0.05) is 17.3 Å². The molecule has 3 aromatic rings. The van der Waals surface area contributed by atoms with E-state index in [1.165, 1.54) is 18.4 Å². The molecule has 0 unspecified atom stereocenters. The van der Waals surface area contributed by atoms with Crippen molar-refractivity contribution in [3.05, 3.63) is 47.7 Å². The van der Waals surface area contributed by atoms with Crippen LogP contribution in [0.3, 0.4) is 0 Å². The van der Waals surface area contributed by atoms with Crippen LogP contribution in [0.5, 0.6) is 0 Å². The quantitative estimate of drug-likeness (QED) is 0.796. The lowest BCUT2D eigenvalue weighted by Gasteiger charge is -2.08. The third kappa shape index (κ3) is 2.52. The van der Waals surface area contributed by atoms with E-state index in [4.69, 9.17) is 0 Å². The molecule has 1 aliphatic rings. The highest BCUT2D eigenvalue weighted by Crippen LogP contribution is 2.20. The Morgan fingerprint density at radius 2 is 2.10 bits per heavy atom. The second-order valence-electron chi connectivity index (χ2n) is 5.62. The summed E-state index contributed by atoms with van der Waals surface area (Å²) < 4.78 is 1.81. The Kier molecular flexibility index (Phi) is 2.93. The van der Waals surface area contributed by atoms with E-state index >= 15 is 0 Å². The fraction of sp³-hybridized carbons (Fsp3) is 0.312. The minimum Gasteiger partial charge on any atom is -0.310 e. The summed E-state index contributed by atoms with van der Waals surface area (Å²) in [6, 6.07) is 12.9. The van der Waals surface area contributed by atoms with Gasteiger partial charge in [-0.2, -0.15) is 4.68 Å². The number of nitrogens with zero attached hydrogens (tertiary/aromatic N) is 4. The number of aromatic nitrogens is 4. The van der Waals surface area contributed by atoms with Gasteiger partial charge in [-0.15, -0.1) is 5.10 Å². The van der Waals surface area contributed by atoms with E-state index in [-0.39, 0.29) is 0 Å². The lowest BCUT2D eigenvalue weighted by atomic mass is 10.2. The van der Waals surface area contributed by atoms with E-state index in [9.17, 15) is 0 Å². The van der Waals surface area contributed by atoms with Gasteiger partial charge in [0.15, 0.2) is 5.82 Å². The smallest absolute Gasteiger partial charge is 0.156 e. The molecule has 0 saturated heterocycles. The summed E-state index contributed by atoms with van der Waals surface area (Å²) in [5, 5.41) is 12.0. The fourth-order valence-corrected chi connectivity index (χ4v) is 2.52. The highest BCUT2D eigenvalue weighted by Gasteiger charge is 2.20. The standard InChI is InChI=1S/C16H17N5/c1-11-8-12(10-17-13-6-7-13)9-16(18-11)21-15-5-3-2-4-14(15)19-20-21/h2-5,8-9,13,17H,6-7,10H2,1H3. The largest absolute Gasteiger partial charge is 0.310 e. The van der Waals surface area contributed by atoms with Crippen LogP contribution in [-0.2, 0) is 6.54 Å². The van der Waals surface area contributed by atoms with Crippen LogP contribution in [0.4, 0.5) is 0 Å². The number of hydrogen-bond acceptors (Lipinski definition) is 4. The van der Waals surface area contributed by atoms with Gasteiger partial charge in [-0.3, -0.25) is 0 Å². The van der Waals surface area contributed by atoms with Gasteiger partial charge >= 0.3 is 0 Å². The molecule has 5 nitrogen and oxygen atoms in total. The first-order valence-electron chi connectivity index (χ1n) is 7.31. The normalized spacial score (nSPS) is 14.7. The van der Waals surface area contributed by atoms with E-state index in [1.807, 2.05) is 35.9 Å². The van der Waals surface area contributed by atoms with E-state index in [0.717, 1.165) is 29.1 Å². The van der Waals surface area contributed by atoms with Crippen molar-refractivity contribution in [1.82, 2.24) is 25.3 Å². The van der Waals surface area contributed by atoms with Gasteiger partial charge in [0.25, 0.3) is 0 Å². The summed E-state index contributed by atoms with van der Waals surface area (Å²) in [5.74, 6) is 0.830. The third-order valence-corrected chi connectivity index (χ3v) is 3.74. The molecule has 0 amide bonds. The van der Waals surface area contributed by atoms with Crippen LogP contribution >= 0.6 is 0 Å². The minimum atomic E-state index is 0.703. The van der Waals surface area contributed by atoms with Crippen molar-refractivity contribution in [2.24, 2.45) is 0 Å². The zero-order valence-corrected chi connectivity index (χ0v) is 12.0.